The lowest BCUT2D eigenvalue weighted by Crippen LogP contribution is -1.96. The minimum atomic E-state index is 0.831. The number of hydrogen-bond donors (Lipinski definition) is 0. The molecule has 2 heteroatoms. The van der Waals surface area contributed by atoms with Crippen LogP contribution in [0.25, 0.3) is 0 Å². The topological polar surface area (TPSA) is 26.5 Å². The molecule has 0 bridgehead atoms. The van der Waals surface area contributed by atoms with Crippen LogP contribution >= 0.6 is 0 Å². The molecule has 13 heavy (non-hydrogen) atoms. The van der Waals surface area contributed by atoms with Crippen LogP contribution < -0.4 is 0 Å². The molecule has 0 aromatic heterocycles. The molecule has 0 radical (unpaired) electrons. The third-order valence-corrected chi connectivity index (χ3v) is 2.36. The number of rotatable bonds is 5. The van der Waals surface area contributed by atoms with Crippen molar-refractivity contribution in [2.45, 2.75) is 46.5 Å². The SMILES string of the molecule is CC1=[N+]=NC=C1CCCCC(C)C. The van der Waals surface area contributed by atoms with Gasteiger partial charge in [-0.1, -0.05) is 26.7 Å². The molecule has 0 aromatic carbocycles. The average Bonchev–Trinajstić information content (AvgIpc) is 2.45. The Morgan fingerprint density at radius 2 is 2.15 bits per heavy atom. The summed E-state index contributed by atoms with van der Waals surface area (Å²) in [4.78, 5) is 3.98. The van der Waals surface area contributed by atoms with Crippen LogP contribution in [0, 0.1) is 5.92 Å². The standard InChI is InChI=1S/C11H19N2/c1-9(2)6-4-5-7-11-8-12-13-10(11)3/h8-9H,4-7H2,1-3H3/q+1. The monoisotopic (exact) mass is 179 g/mol. The molecule has 1 heterocycles. The summed E-state index contributed by atoms with van der Waals surface area (Å²) in [6, 6.07) is 0. The van der Waals surface area contributed by atoms with Crippen LogP contribution in [0.15, 0.2) is 16.9 Å². The Bertz CT molecular complexity index is 255. The first-order valence-corrected chi connectivity index (χ1v) is 5.14. The van der Waals surface area contributed by atoms with Crippen molar-refractivity contribution in [2.24, 2.45) is 11.0 Å². The molecule has 0 fully saturated rings. The Hall–Kier alpha value is -0.880. The van der Waals surface area contributed by atoms with E-state index in [0.717, 1.165) is 18.1 Å². The highest BCUT2D eigenvalue weighted by Crippen LogP contribution is 2.14. The van der Waals surface area contributed by atoms with Gasteiger partial charge in [0, 0.05) is 6.92 Å². The Balaban J connectivity index is 2.11. The molecular formula is C11H19N2+. The fourth-order valence-corrected chi connectivity index (χ4v) is 1.46. The van der Waals surface area contributed by atoms with Crippen molar-refractivity contribution in [3.63, 3.8) is 0 Å². The number of unbranched alkanes of at least 4 members (excludes halogenated alkanes) is 1. The van der Waals surface area contributed by atoms with E-state index in [1.54, 1.807) is 0 Å². The third kappa shape index (κ3) is 3.56. The summed E-state index contributed by atoms with van der Waals surface area (Å²) in [5, 5.41) is 3.89. The molecule has 0 amide bonds. The van der Waals surface area contributed by atoms with E-state index in [1.807, 2.05) is 13.1 Å². The predicted octanol–water partition coefficient (Wildman–Crippen LogP) is 3.22. The van der Waals surface area contributed by atoms with Crippen molar-refractivity contribution in [2.75, 3.05) is 0 Å². The second-order valence-corrected chi connectivity index (χ2v) is 4.09. The number of allylic oxidation sites excluding steroid dienone is 1. The van der Waals surface area contributed by atoms with E-state index in [-0.39, 0.29) is 0 Å². The molecular weight excluding hydrogens is 160 g/mol. The van der Waals surface area contributed by atoms with Gasteiger partial charge in [-0.05, 0) is 18.8 Å². The van der Waals surface area contributed by atoms with Crippen molar-refractivity contribution in [1.29, 1.82) is 0 Å². The summed E-state index contributed by atoms with van der Waals surface area (Å²) in [7, 11) is 0. The highest BCUT2D eigenvalue weighted by Gasteiger charge is 2.15. The first-order valence-electron chi connectivity index (χ1n) is 5.14. The summed E-state index contributed by atoms with van der Waals surface area (Å²) in [5.74, 6) is 0.831. The van der Waals surface area contributed by atoms with Crippen LogP contribution in [0.3, 0.4) is 0 Å². The minimum Gasteiger partial charge on any atom is -0.0628 e. The maximum atomic E-state index is 3.98. The molecule has 0 saturated carbocycles. The average molecular weight is 179 g/mol. The van der Waals surface area contributed by atoms with Gasteiger partial charge in [0.15, 0.2) is 0 Å². The number of nitrogens with zero attached hydrogens (tertiary/aromatic N) is 2. The van der Waals surface area contributed by atoms with Gasteiger partial charge in [-0.3, -0.25) is 0 Å². The molecule has 0 unspecified atom stereocenters. The van der Waals surface area contributed by atoms with E-state index in [9.17, 15) is 0 Å². The summed E-state index contributed by atoms with van der Waals surface area (Å²) in [6.45, 7) is 6.58. The van der Waals surface area contributed by atoms with Crippen molar-refractivity contribution >= 4 is 5.71 Å². The maximum absolute atomic E-state index is 3.98. The normalized spacial score (nSPS) is 15.1. The fourth-order valence-electron chi connectivity index (χ4n) is 1.46. The first kappa shape index (κ1) is 10.2. The third-order valence-electron chi connectivity index (χ3n) is 2.36. The second kappa shape index (κ2) is 4.98. The van der Waals surface area contributed by atoms with Gasteiger partial charge in [0.1, 0.15) is 11.3 Å². The van der Waals surface area contributed by atoms with Gasteiger partial charge >= 0.3 is 5.71 Å². The van der Waals surface area contributed by atoms with Crippen molar-refractivity contribution in [3.8, 4) is 0 Å². The zero-order valence-corrected chi connectivity index (χ0v) is 8.88. The number of hydrogen-bond acceptors (Lipinski definition) is 1. The van der Waals surface area contributed by atoms with Crippen LogP contribution in [0.1, 0.15) is 46.5 Å². The summed E-state index contributed by atoms with van der Waals surface area (Å²) in [6.07, 6.45) is 6.96. The second-order valence-electron chi connectivity index (χ2n) is 4.09. The Morgan fingerprint density at radius 1 is 1.38 bits per heavy atom. The Morgan fingerprint density at radius 3 is 2.69 bits per heavy atom. The van der Waals surface area contributed by atoms with E-state index in [4.69, 9.17) is 0 Å². The van der Waals surface area contributed by atoms with E-state index in [2.05, 4.69) is 23.8 Å². The molecule has 72 valence electrons. The molecule has 0 saturated heterocycles. The molecule has 2 nitrogen and oxygen atoms in total. The quantitative estimate of drug-likeness (QED) is 0.457. The molecule has 1 aliphatic rings. The van der Waals surface area contributed by atoms with Crippen molar-refractivity contribution < 1.29 is 4.79 Å². The van der Waals surface area contributed by atoms with E-state index < -0.39 is 0 Å². The van der Waals surface area contributed by atoms with E-state index in [1.165, 1.54) is 24.8 Å². The Kier molecular flexibility index (Phi) is 3.91. The van der Waals surface area contributed by atoms with Crippen LogP contribution in [-0.2, 0) is 0 Å². The molecule has 0 aromatic rings. The maximum Gasteiger partial charge on any atom is 0.344 e. The molecule has 0 atom stereocenters. The summed E-state index contributed by atoms with van der Waals surface area (Å²) < 4.78 is 0. The van der Waals surface area contributed by atoms with Gasteiger partial charge < -0.3 is 0 Å². The lowest BCUT2D eigenvalue weighted by molar-refractivity contribution is -0.0736. The summed E-state index contributed by atoms with van der Waals surface area (Å²) in [5.41, 5.74) is 2.42. The van der Waals surface area contributed by atoms with Crippen LogP contribution in [0.5, 0.6) is 0 Å². The minimum absolute atomic E-state index is 0.831. The molecule has 0 aliphatic carbocycles. The van der Waals surface area contributed by atoms with E-state index in [0.29, 0.717) is 0 Å². The van der Waals surface area contributed by atoms with Crippen LogP contribution in [-0.4, -0.2) is 10.5 Å². The highest BCUT2D eigenvalue weighted by atomic mass is 15.0. The van der Waals surface area contributed by atoms with E-state index >= 15 is 0 Å². The van der Waals surface area contributed by atoms with Gasteiger partial charge in [0.25, 0.3) is 0 Å². The highest BCUT2D eigenvalue weighted by molar-refractivity contribution is 5.94. The van der Waals surface area contributed by atoms with Gasteiger partial charge in [-0.25, -0.2) is 0 Å². The van der Waals surface area contributed by atoms with Gasteiger partial charge in [-0.15, -0.1) is 0 Å². The lowest BCUT2D eigenvalue weighted by Gasteiger charge is -2.02. The molecule has 1 rings (SSSR count). The van der Waals surface area contributed by atoms with Gasteiger partial charge in [0.2, 0.25) is 0 Å². The predicted molar refractivity (Wildman–Crippen MR) is 54.8 cm³/mol. The lowest BCUT2D eigenvalue weighted by atomic mass is 10.0. The molecule has 0 spiro atoms. The molecule has 1 aliphatic heterocycles. The van der Waals surface area contributed by atoms with Crippen LogP contribution in [0.2, 0.25) is 0 Å². The first-order chi connectivity index (χ1) is 6.20. The smallest absolute Gasteiger partial charge is 0.0628 e. The van der Waals surface area contributed by atoms with Crippen molar-refractivity contribution in [3.05, 3.63) is 11.8 Å². The fraction of sp³-hybridized carbons (Fsp3) is 0.727. The summed E-state index contributed by atoms with van der Waals surface area (Å²) >= 11 is 0. The van der Waals surface area contributed by atoms with Gasteiger partial charge in [-0.2, -0.15) is 0 Å². The largest absolute Gasteiger partial charge is 0.344 e. The van der Waals surface area contributed by atoms with Gasteiger partial charge in [0.05, 0.1) is 10.4 Å². The molecule has 0 N–H and O–H groups in total. The Labute approximate surface area is 80.5 Å². The van der Waals surface area contributed by atoms with Crippen molar-refractivity contribution in [1.82, 2.24) is 0 Å². The zero-order valence-electron chi connectivity index (χ0n) is 8.88. The zero-order chi connectivity index (χ0) is 9.68. The van der Waals surface area contributed by atoms with Crippen LogP contribution in [0.4, 0.5) is 0 Å².